The van der Waals surface area contributed by atoms with Crippen LogP contribution < -0.4 is 5.32 Å². The minimum atomic E-state index is -0.942. The van der Waals surface area contributed by atoms with Crippen LogP contribution in [0.25, 0.3) is 22.6 Å². The highest BCUT2D eigenvalue weighted by atomic mass is 32.2. The molecule has 0 atom stereocenters. The van der Waals surface area contributed by atoms with Crippen molar-refractivity contribution in [2.45, 2.75) is 18.6 Å². The Morgan fingerprint density at radius 1 is 1.10 bits per heavy atom. The largest absolute Gasteiger partial charge is 0.302 e. The number of carbonyl (C=O) groups is 1. The molecule has 0 aliphatic rings. The molecule has 0 aliphatic carbocycles. The number of rotatable bonds is 7. The van der Waals surface area contributed by atoms with Crippen molar-refractivity contribution in [2.75, 3.05) is 11.1 Å². The number of thioether (sulfide) groups is 1. The molecule has 1 N–H and O–H groups in total. The lowest BCUT2D eigenvalue weighted by molar-refractivity contribution is -0.113. The molecule has 6 nitrogen and oxygen atoms in total. The van der Waals surface area contributed by atoms with Crippen LogP contribution in [0.4, 0.5) is 13.9 Å². The zero-order valence-corrected chi connectivity index (χ0v) is 18.0. The van der Waals surface area contributed by atoms with Gasteiger partial charge in [0.2, 0.25) is 5.91 Å². The molecule has 0 saturated carbocycles. The second-order valence-electron chi connectivity index (χ2n) is 6.42. The van der Waals surface area contributed by atoms with Gasteiger partial charge in [0.25, 0.3) is 0 Å². The second kappa shape index (κ2) is 9.36. The normalized spacial score (nSPS) is 10.9. The molecule has 0 spiro atoms. The second-order valence-corrected chi connectivity index (χ2v) is 8.22. The first-order chi connectivity index (χ1) is 15.0. The van der Waals surface area contributed by atoms with E-state index in [0.717, 1.165) is 23.5 Å². The van der Waals surface area contributed by atoms with Crippen LogP contribution in [0.5, 0.6) is 0 Å². The van der Waals surface area contributed by atoms with E-state index in [1.807, 2.05) is 41.8 Å². The molecule has 4 rings (SSSR count). The Morgan fingerprint density at radius 3 is 2.65 bits per heavy atom. The molecular weight excluding hydrogens is 440 g/mol. The van der Waals surface area contributed by atoms with Crippen molar-refractivity contribution < 1.29 is 13.6 Å². The molecule has 10 heteroatoms. The smallest absolute Gasteiger partial charge is 0.236 e. The highest BCUT2D eigenvalue weighted by Crippen LogP contribution is 2.27. The Kier molecular flexibility index (Phi) is 6.38. The fourth-order valence-corrected chi connectivity index (χ4v) is 4.42. The predicted molar refractivity (Wildman–Crippen MR) is 118 cm³/mol. The number of aromatic nitrogens is 4. The molecule has 158 valence electrons. The number of benzene rings is 2. The van der Waals surface area contributed by atoms with Crippen LogP contribution in [-0.4, -0.2) is 31.4 Å². The topological polar surface area (TPSA) is 72.7 Å². The van der Waals surface area contributed by atoms with Crippen LogP contribution in [0.2, 0.25) is 0 Å². The van der Waals surface area contributed by atoms with Gasteiger partial charge in [-0.25, -0.2) is 13.8 Å². The summed E-state index contributed by atoms with van der Waals surface area (Å²) in [6.45, 7) is 2.67. The molecule has 1 amide bonds. The fourth-order valence-electron chi connectivity index (χ4n) is 2.89. The van der Waals surface area contributed by atoms with Crippen LogP contribution in [0.15, 0.2) is 59.1 Å². The summed E-state index contributed by atoms with van der Waals surface area (Å²) in [6.07, 6.45) is 0. The van der Waals surface area contributed by atoms with Crippen molar-refractivity contribution in [2.24, 2.45) is 0 Å². The molecule has 31 heavy (non-hydrogen) atoms. The van der Waals surface area contributed by atoms with E-state index in [-0.39, 0.29) is 11.7 Å². The quantitative estimate of drug-likeness (QED) is 0.391. The van der Waals surface area contributed by atoms with Crippen molar-refractivity contribution in [1.82, 2.24) is 19.7 Å². The molecule has 0 unspecified atom stereocenters. The zero-order valence-electron chi connectivity index (χ0n) is 16.4. The number of amides is 1. The van der Waals surface area contributed by atoms with Crippen LogP contribution in [0.1, 0.15) is 6.92 Å². The van der Waals surface area contributed by atoms with Gasteiger partial charge in [-0.15, -0.1) is 21.5 Å². The minimum absolute atomic E-state index is 0.132. The number of carbonyl (C=O) groups excluding carboxylic acids is 1. The maximum absolute atomic E-state index is 13.4. The number of hydrogen-bond donors (Lipinski definition) is 1. The lowest BCUT2D eigenvalue weighted by atomic mass is 10.2. The zero-order chi connectivity index (χ0) is 21.8. The Bertz CT molecular complexity index is 1210. The van der Waals surface area contributed by atoms with Crippen molar-refractivity contribution in [3.8, 4) is 22.6 Å². The summed E-state index contributed by atoms with van der Waals surface area (Å²) in [4.78, 5) is 16.7. The molecule has 0 bridgehead atoms. The molecule has 0 radical (unpaired) electrons. The van der Waals surface area contributed by atoms with Crippen molar-refractivity contribution >= 4 is 34.1 Å². The Labute approximate surface area is 185 Å². The maximum atomic E-state index is 13.4. The maximum Gasteiger partial charge on any atom is 0.236 e. The SMILES string of the molecule is CCn1c(SCC(=O)Nc2nc(-c3ccc(F)c(F)c3)cs2)nnc1-c1ccccc1. The van der Waals surface area contributed by atoms with E-state index in [1.54, 1.807) is 5.38 Å². The third-order valence-electron chi connectivity index (χ3n) is 4.36. The van der Waals surface area contributed by atoms with E-state index in [4.69, 9.17) is 0 Å². The number of nitrogens with one attached hydrogen (secondary N) is 1. The molecule has 2 aromatic carbocycles. The molecular formula is C21H17F2N5OS2. The highest BCUT2D eigenvalue weighted by Gasteiger charge is 2.15. The van der Waals surface area contributed by atoms with Crippen molar-refractivity contribution in [1.29, 1.82) is 0 Å². The highest BCUT2D eigenvalue weighted by molar-refractivity contribution is 7.99. The van der Waals surface area contributed by atoms with E-state index in [9.17, 15) is 13.6 Å². The number of nitrogens with zero attached hydrogens (tertiary/aromatic N) is 4. The standard InChI is InChI=1S/C21H17F2N5OS2/c1-2-28-19(13-6-4-3-5-7-13)26-27-21(28)31-12-18(29)25-20-24-17(11-30-20)14-8-9-15(22)16(23)10-14/h3-11H,2,12H2,1H3,(H,24,25,29). The van der Waals surface area contributed by atoms with Gasteiger partial charge in [-0.3, -0.25) is 4.79 Å². The summed E-state index contributed by atoms with van der Waals surface area (Å²) < 4.78 is 28.5. The lowest BCUT2D eigenvalue weighted by Crippen LogP contribution is -2.14. The van der Waals surface area contributed by atoms with E-state index in [2.05, 4.69) is 20.5 Å². The summed E-state index contributed by atoms with van der Waals surface area (Å²) >= 11 is 2.50. The molecule has 0 fully saturated rings. The van der Waals surface area contributed by atoms with Gasteiger partial charge < -0.3 is 9.88 Å². The first kappa shape index (κ1) is 21.1. The van der Waals surface area contributed by atoms with Gasteiger partial charge in [0.1, 0.15) is 0 Å². The van der Waals surface area contributed by atoms with Gasteiger partial charge in [-0.05, 0) is 25.1 Å². The van der Waals surface area contributed by atoms with Crippen LogP contribution in [-0.2, 0) is 11.3 Å². The predicted octanol–water partition coefficient (Wildman–Crippen LogP) is 5.10. The average Bonchev–Trinajstić information content (AvgIpc) is 3.41. The van der Waals surface area contributed by atoms with Crippen molar-refractivity contribution in [3.63, 3.8) is 0 Å². The van der Waals surface area contributed by atoms with E-state index >= 15 is 0 Å². The van der Waals surface area contributed by atoms with Gasteiger partial charge in [0, 0.05) is 23.1 Å². The van der Waals surface area contributed by atoms with Crippen LogP contribution in [0, 0.1) is 11.6 Å². The first-order valence-corrected chi connectivity index (χ1v) is 11.2. The fraction of sp³-hybridized carbons (Fsp3) is 0.143. The molecule has 0 aliphatic heterocycles. The van der Waals surface area contributed by atoms with Crippen LogP contribution in [0.3, 0.4) is 0 Å². The van der Waals surface area contributed by atoms with Gasteiger partial charge >= 0.3 is 0 Å². The average molecular weight is 458 g/mol. The number of hydrogen-bond acceptors (Lipinski definition) is 6. The van der Waals surface area contributed by atoms with Gasteiger partial charge in [0.15, 0.2) is 27.7 Å². The third-order valence-corrected chi connectivity index (χ3v) is 6.09. The molecule has 4 aromatic rings. The summed E-state index contributed by atoms with van der Waals surface area (Å²) in [5.74, 6) is -1.22. The molecule has 2 aromatic heterocycles. The van der Waals surface area contributed by atoms with E-state index in [1.165, 1.54) is 29.2 Å². The Balaban J connectivity index is 1.40. The van der Waals surface area contributed by atoms with Gasteiger partial charge in [-0.2, -0.15) is 0 Å². The monoisotopic (exact) mass is 457 g/mol. The number of anilines is 1. The number of thiazole rings is 1. The van der Waals surface area contributed by atoms with E-state index in [0.29, 0.717) is 28.1 Å². The van der Waals surface area contributed by atoms with Gasteiger partial charge in [0.05, 0.1) is 11.4 Å². The van der Waals surface area contributed by atoms with Crippen molar-refractivity contribution in [3.05, 3.63) is 65.5 Å². The minimum Gasteiger partial charge on any atom is -0.302 e. The van der Waals surface area contributed by atoms with Crippen LogP contribution >= 0.6 is 23.1 Å². The summed E-state index contributed by atoms with van der Waals surface area (Å²) in [6, 6.07) is 13.3. The third kappa shape index (κ3) is 4.80. The number of halogens is 2. The van der Waals surface area contributed by atoms with Gasteiger partial charge in [-0.1, -0.05) is 42.1 Å². The molecule has 2 heterocycles. The van der Waals surface area contributed by atoms with E-state index < -0.39 is 11.6 Å². The Hall–Kier alpha value is -3.11. The molecule has 0 saturated heterocycles. The summed E-state index contributed by atoms with van der Waals surface area (Å²) in [5, 5.41) is 13.9. The Morgan fingerprint density at radius 2 is 1.90 bits per heavy atom. The first-order valence-electron chi connectivity index (χ1n) is 9.37. The summed E-state index contributed by atoms with van der Waals surface area (Å²) in [7, 11) is 0. The summed E-state index contributed by atoms with van der Waals surface area (Å²) in [5.41, 5.74) is 1.86. The lowest BCUT2D eigenvalue weighted by Gasteiger charge is -2.07.